The summed E-state index contributed by atoms with van der Waals surface area (Å²) in [5.41, 5.74) is 1.92. The summed E-state index contributed by atoms with van der Waals surface area (Å²) in [6.07, 6.45) is 1.67. The number of fused-ring (bicyclic) bond motifs is 1. The highest BCUT2D eigenvalue weighted by atomic mass is 35.5. The molecule has 0 saturated carbocycles. The van der Waals surface area contributed by atoms with Gasteiger partial charge in [0.15, 0.2) is 16.3 Å². The minimum atomic E-state index is -0.777. The highest BCUT2D eigenvalue weighted by Gasteiger charge is 2.34. The smallest absolute Gasteiger partial charge is 0.338 e. The van der Waals surface area contributed by atoms with Crippen LogP contribution in [0.15, 0.2) is 80.1 Å². The Morgan fingerprint density at radius 1 is 1.13 bits per heavy atom. The molecule has 0 bridgehead atoms. The van der Waals surface area contributed by atoms with Gasteiger partial charge < -0.3 is 18.6 Å². The number of methoxy groups -OCH3 is 2. The summed E-state index contributed by atoms with van der Waals surface area (Å²) in [6.45, 7) is 3.66. The average molecular weight is 565 g/mol. The first kappa shape index (κ1) is 26.5. The number of nitrogens with zero attached hydrogens (tertiary/aromatic N) is 2. The van der Waals surface area contributed by atoms with Gasteiger partial charge in [0.1, 0.15) is 11.5 Å². The molecule has 0 spiro atoms. The van der Waals surface area contributed by atoms with Crippen molar-refractivity contribution in [3.05, 3.63) is 102 Å². The van der Waals surface area contributed by atoms with Gasteiger partial charge in [0, 0.05) is 16.7 Å². The van der Waals surface area contributed by atoms with E-state index in [0.717, 1.165) is 5.56 Å². The van der Waals surface area contributed by atoms with Gasteiger partial charge in [-0.2, -0.15) is 0 Å². The number of rotatable bonds is 7. The van der Waals surface area contributed by atoms with Gasteiger partial charge in [-0.3, -0.25) is 9.36 Å². The summed E-state index contributed by atoms with van der Waals surface area (Å²) in [6, 6.07) is 15.5. The molecular weight excluding hydrogens is 540 g/mol. The van der Waals surface area contributed by atoms with Crippen LogP contribution in [0.4, 0.5) is 0 Å². The molecular formula is C29H25ClN2O6S. The van der Waals surface area contributed by atoms with Crippen molar-refractivity contribution < 1.29 is 23.4 Å². The van der Waals surface area contributed by atoms with Crippen molar-refractivity contribution in [2.75, 3.05) is 20.8 Å². The fourth-order valence-electron chi connectivity index (χ4n) is 4.49. The highest BCUT2D eigenvalue weighted by molar-refractivity contribution is 7.07. The topological polar surface area (TPSA) is 92.3 Å². The van der Waals surface area contributed by atoms with Gasteiger partial charge in [0.25, 0.3) is 5.56 Å². The molecule has 5 rings (SSSR count). The fraction of sp³-hybridized carbons (Fsp3) is 0.207. The molecule has 2 aromatic heterocycles. The number of allylic oxidation sites excluding steroid dienone is 1. The number of benzene rings is 2. The maximum Gasteiger partial charge on any atom is 0.338 e. The molecule has 0 radical (unpaired) electrons. The molecule has 0 N–H and O–H groups in total. The van der Waals surface area contributed by atoms with Gasteiger partial charge in [-0.1, -0.05) is 41.1 Å². The van der Waals surface area contributed by atoms with Crippen LogP contribution < -0.4 is 24.4 Å². The zero-order chi connectivity index (χ0) is 27.7. The molecule has 0 fully saturated rings. The molecule has 0 saturated heterocycles. The lowest BCUT2D eigenvalue weighted by molar-refractivity contribution is -0.139. The summed E-state index contributed by atoms with van der Waals surface area (Å²) < 4.78 is 24.1. The first-order valence-electron chi connectivity index (χ1n) is 12.1. The van der Waals surface area contributed by atoms with Crippen molar-refractivity contribution >= 4 is 35.0 Å². The van der Waals surface area contributed by atoms with Crippen LogP contribution in [-0.4, -0.2) is 31.4 Å². The molecule has 0 amide bonds. The summed E-state index contributed by atoms with van der Waals surface area (Å²) >= 11 is 7.34. The van der Waals surface area contributed by atoms with Gasteiger partial charge in [-0.25, -0.2) is 9.79 Å². The largest absolute Gasteiger partial charge is 0.493 e. The third-order valence-corrected chi connectivity index (χ3v) is 7.47. The molecule has 10 heteroatoms. The van der Waals surface area contributed by atoms with Crippen LogP contribution in [-0.2, 0) is 9.53 Å². The third kappa shape index (κ3) is 5.03. The first-order valence-corrected chi connectivity index (χ1v) is 13.3. The van der Waals surface area contributed by atoms with Crippen molar-refractivity contribution in [2.24, 2.45) is 4.99 Å². The second-order valence-electron chi connectivity index (χ2n) is 8.63. The Hall–Kier alpha value is -4.08. The van der Waals surface area contributed by atoms with E-state index in [1.54, 1.807) is 63.4 Å². The molecule has 39 heavy (non-hydrogen) atoms. The lowest BCUT2D eigenvalue weighted by Crippen LogP contribution is -2.39. The van der Waals surface area contributed by atoms with E-state index in [2.05, 4.69) is 4.99 Å². The van der Waals surface area contributed by atoms with Gasteiger partial charge in [-0.05, 0) is 55.8 Å². The van der Waals surface area contributed by atoms with E-state index in [-0.39, 0.29) is 17.7 Å². The Morgan fingerprint density at radius 2 is 1.92 bits per heavy atom. The van der Waals surface area contributed by atoms with Crippen molar-refractivity contribution in [1.29, 1.82) is 0 Å². The molecule has 8 nitrogen and oxygen atoms in total. The van der Waals surface area contributed by atoms with E-state index in [0.29, 0.717) is 48.6 Å². The Kier molecular flexibility index (Phi) is 7.45. The Morgan fingerprint density at radius 3 is 2.64 bits per heavy atom. The zero-order valence-corrected chi connectivity index (χ0v) is 23.3. The number of aromatic nitrogens is 1. The van der Waals surface area contributed by atoms with E-state index < -0.39 is 12.0 Å². The Balaban J connectivity index is 1.66. The number of carbonyl (C=O) groups excluding carboxylic acids is 1. The van der Waals surface area contributed by atoms with Crippen molar-refractivity contribution in [1.82, 2.24) is 4.57 Å². The molecule has 0 aliphatic carbocycles. The number of hydrogen-bond donors (Lipinski definition) is 0. The molecule has 3 heterocycles. The molecule has 1 aliphatic rings. The molecule has 1 atom stereocenters. The van der Waals surface area contributed by atoms with E-state index in [1.165, 1.54) is 23.0 Å². The number of halogens is 1. The monoisotopic (exact) mass is 564 g/mol. The second-order valence-corrected chi connectivity index (χ2v) is 10.1. The van der Waals surface area contributed by atoms with Crippen LogP contribution in [0, 0.1) is 0 Å². The number of hydrogen-bond acceptors (Lipinski definition) is 8. The minimum Gasteiger partial charge on any atom is -0.493 e. The van der Waals surface area contributed by atoms with Crippen LogP contribution in [0.5, 0.6) is 11.5 Å². The molecule has 0 unspecified atom stereocenters. The van der Waals surface area contributed by atoms with Crippen molar-refractivity contribution in [2.45, 2.75) is 19.9 Å². The number of ether oxygens (including phenoxy) is 3. The zero-order valence-electron chi connectivity index (χ0n) is 21.7. The Labute approximate surface area is 233 Å². The summed E-state index contributed by atoms with van der Waals surface area (Å²) in [5, 5.41) is 0.599. The minimum absolute atomic E-state index is 0.187. The van der Waals surface area contributed by atoms with E-state index in [1.807, 2.05) is 18.2 Å². The van der Waals surface area contributed by atoms with Crippen molar-refractivity contribution in [3.63, 3.8) is 0 Å². The lowest BCUT2D eigenvalue weighted by Gasteiger charge is -2.25. The number of furan rings is 1. The normalized spacial score (nSPS) is 15.1. The summed E-state index contributed by atoms with van der Waals surface area (Å²) in [7, 11) is 3.07. The van der Waals surface area contributed by atoms with Gasteiger partial charge in [0.05, 0.1) is 42.7 Å². The average Bonchev–Trinajstić information content (AvgIpc) is 3.52. The van der Waals surface area contributed by atoms with Crippen LogP contribution >= 0.6 is 22.9 Å². The highest BCUT2D eigenvalue weighted by Crippen LogP contribution is 2.36. The first-order chi connectivity index (χ1) is 18.8. The van der Waals surface area contributed by atoms with E-state index >= 15 is 0 Å². The standard InChI is InChI=1S/C29H25ClN2O6S/c1-5-37-28(34)25-16(2)31-29-32(26(25)18-9-11-22(35-3)23(14-18)36-4)27(33)24(39-29)15-20-10-12-21(38-20)17-7-6-8-19(30)13-17/h6-15,26H,5H2,1-4H3/b24-15+/t26-/m1/s1. The number of esters is 1. The fourth-order valence-corrected chi connectivity index (χ4v) is 5.70. The number of thiazole rings is 1. The summed E-state index contributed by atoms with van der Waals surface area (Å²) in [4.78, 5) is 32.0. The SMILES string of the molecule is CCOC(=O)C1=C(C)N=c2s/c(=C/c3ccc(-c4cccc(Cl)c4)o3)c(=O)n2[C@@H]1c1ccc(OC)c(OC)c1. The van der Waals surface area contributed by atoms with Gasteiger partial charge >= 0.3 is 5.97 Å². The lowest BCUT2D eigenvalue weighted by atomic mass is 9.95. The summed E-state index contributed by atoms with van der Waals surface area (Å²) in [5.74, 6) is 1.59. The predicted molar refractivity (Wildman–Crippen MR) is 149 cm³/mol. The van der Waals surface area contributed by atoms with E-state index in [4.69, 9.17) is 30.2 Å². The number of carbonyl (C=O) groups is 1. The molecule has 2 aromatic carbocycles. The predicted octanol–water partition coefficient (Wildman–Crippen LogP) is 4.73. The van der Waals surface area contributed by atoms with Crippen LogP contribution in [0.25, 0.3) is 17.4 Å². The van der Waals surface area contributed by atoms with E-state index in [9.17, 15) is 9.59 Å². The van der Waals surface area contributed by atoms with Crippen molar-refractivity contribution in [3.8, 4) is 22.8 Å². The van der Waals surface area contributed by atoms with Crippen LogP contribution in [0.3, 0.4) is 0 Å². The van der Waals surface area contributed by atoms with Gasteiger partial charge in [-0.15, -0.1) is 0 Å². The van der Waals surface area contributed by atoms with Crippen LogP contribution in [0.1, 0.15) is 31.2 Å². The second kappa shape index (κ2) is 11.0. The maximum atomic E-state index is 13.8. The quantitative estimate of drug-likeness (QED) is 0.301. The third-order valence-electron chi connectivity index (χ3n) is 6.25. The molecule has 1 aliphatic heterocycles. The Bertz CT molecular complexity index is 1780. The molecule has 200 valence electrons. The van der Waals surface area contributed by atoms with Gasteiger partial charge in [0.2, 0.25) is 0 Å². The molecule has 4 aromatic rings. The van der Waals surface area contributed by atoms with Crippen LogP contribution in [0.2, 0.25) is 5.02 Å². The maximum absolute atomic E-state index is 13.8.